The molecule has 2 N–H and O–H groups in total. The van der Waals surface area contributed by atoms with Gasteiger partial charge in [0.2, 0.25) is 5.88 Å². The van der Waals surface area contributed by atoms with Crippen LogP contribution in [0.2, 0.25) is 0 Å². The first kappa shape index (κ1) is 16.2. The van der Waals surface area contributed by atoms with Gasteiger partial charge < -0.3 is 20.1 Å². The first-order valence-electron chi connectivity index (χ1n) is 6.90. The SMILES string of the molecule is CCOC(=O)c1cc(N)cnc1OCCN(CC)CC. The molecule has 6 heteroatoms. The largest absolute Gasteiger partial charge is 0.476 e. The topological polar surface area (TPSA) is 77.7 Å². The van der Waals surface area contributed by atoms with Crippen LogP contribution in [0, 0.1) is 0 Å². The molecule has 0 saturated heterocycles. The number of ether oxygens (including phenoxy) is 2. The Labute approximate surface area is 119 Å². The first-order chi connectivity index (χ1) is 9.62. The molecule has 0 unspecified atom stereocenters. The molecule has 0 atom stereocenters. The van der Waals surface area contributed by atoms with Crippen molar-refractivity contribution in [2.75, 3.05) is 38.6 Å². The molecule has 0 spiro atoms. The van der Waals surface area contributed by atoms with Gasteiger partial charge in [0.25, 0.3) is 0 Å². The maximum atomic E-state index is 11.8. The van der Waals surface area contributed by atoms with Crippen LogP contribution in [0.5, 0.6) is 5.88 Å². The molecule has 0 aromatic carbocycles. The maximum absolute atomic E-state index is 11.8. The van der Waals surface area contributed by atoms with Crippen molar-refractivity contribution in [3.63, 3.8) is 0 Å². The van der Waals surface area contributed by atoms with Crippen LogP contribution in [0.4, 0.5) is 5.69 Å². The third-order valence-electron chi connectivity index (χ3n) is 2.91. The number of anilines is 1. The van der Waals surface area contributed by atoms with E-state index in [4.69, 9.17) is 15.2 Å². The lowest BCUT2D eigenvalue weighted by Crippen LogP contribution is -2.28. The van der Waals surface area contributed by atoms with Crippen molar-refractivity contribution in [2.24, 2.45) is 0 Å². The van der Waals surface area contributed by atoms with Gasteiger partial charge in [0.1, 0.15) is 12.2 Å². The van der Waals surface area contributed by atoms with E-state index in [1.54, 1.807) is 6.92 Å². The number of likely N-dealkylation sites (N-methyl/N-ethyl adjacent to an activating group) is 1. The molecule has 112 valence electrons. The van der Waals surface area contributed by atoms with E-state index in [0.29, 0.717) is 18.9 Å². The molecule has 0 aliphatic carbocycles. The van der Waals surface area contributed by atoms with Crippen LogP contribution < -0.4 is 10.5 Å². The minimum absolute atomic E-state index is 0.268. The van der Waals surface area contributed by atoms with Crippen LogP contribution in [-0.4, -0.2) is 48.7 Å². The maximum Gasteiger partial charge on any atom is 0.343 e. The summed E-state index contributed by atoms with van der Waals surface area (Å²) in [7, 11) is 0. The normalized spacial score (nSPS) is 10.6. The van der Waals surface area contributed by atoms with Gasteiger partial charge in [-0.15, -0.1) is 0 Å². The second-order valence-corrected chi connectivity index (χ2v) is 4.22. The molecule has 0 amide bonds. The van der Waals surface area contributed by atoms with E-state index in [1.165, 1.54) is 12.3 Å². The number of pyridine rings is 1. The number of nitrogens with zero attached hydrogens (tertiary/aromatic N) is 2. The smallest absolute Gasteiger partial charge is 0.343 e. The van der Waals surface area contributed by atoms with Gasteiger partial charge in [-0.2, -0.15) is 0 Å². The Morgan fingerprint density at radius 2 is 2.05 bits per heavy atom. The predicted octanol–water partition coefficient (Wildman–Crippen LogP) is 1.56. The zero-order valence-corrected chi connectivity index (χ0v) is 12.4. The molecular formula is C14H23N3O3. The number of rotatable bonds is 8. The Hall–Kier alpha value is -1.82. The van der Waals surface area contributed by atoms with E-state index in [1.807, 2.05) is 0 Å². The average molecular weight is 281 g/mol. The third-order valence-corrected chi connectivity index (χ3v) is 2.91. The van der Waals surface area contributed by atoms with Gasteiger partial charge in [-0.3, -0.25) is 0 Å². The predicted molar refractivity (Wildman–Crippen MR) is 77.9 cm³/mol. The van der Waals surface area contributed by atoms with Gasteiger partial charge >= 0.3 is 5.97 Å². The summed E-state index contributed by atoms with van der Waals surface area (Å²) in [6.45, 7) is 9.39. The average Bonchev–Trinajstić information content (AvgIpc) is 2.45. The zero-order valence-electron chi connectivity index (χ0n) is 12.4. The lowest BCUT2D eigenvalue weighted by atomic mass is 10.2. The molecule has 0 aliphatic heterocycles. The van der Waals surface area contributed by atoms with E-state index in [9.17, 15) is 4.79 Å². The molecule has 0 saturated carbocycles. The minimum Gasteiger partial charge on any atom is -0.476 e. The number of hydrogen-bond donors (Lipinski definition) is 1. The fourth-order valence-corrected chi connectivity index (χ4v) is 1.75. The van der Waals surface area contributed by atoms with E-state index in [-0.39, 0.29) is 11.4 Å². The Balaban J connectivity index is 2.71. The Morgan fingerprint density at radius 3 is 2.65 bits per heavy atom. The highest BCUT2D eigenvalue weighted by Gasteiger charge is 2.16. The van der Waals surface area contributed by atoms with Crippen molar-refractivity contribution in [1.29, 1.82) is 0 Å². The second kappa shape index (κ2) is 8.37. The summed E-state index contributed by atoms with van der Waals surface area (Å²) in [5.41, 5.74) is 6.32. The van der Waals surface area contributed by atoms with Crippen molar-refractivity contribution in [3.8, 4) is 5.88 Å². The van der Waals surface area contributed by atoms with Gasteiger partial charge in [-0.25, -0.2) is 9.78 Å². The van der Waals surface area contributed by atoms with Gasteiger partial charge in [0, 0.05) is 6.54 Å². The number of esters is 1. The summed E-state index contributed by atoms with van der Waals surface area (Å²) in [5.74, 6) is -0.199. The van der Waals surface area contributed by atoms with E-state index < -0.39 is 5.97 Å². The summed E-state index contributed by atoms with van der Waals surface area (Å²) in [4.78, 5) is 18.1. The van der Waals surface area contributed by atoms with Gasteiger partial charge in [0.05, 0.1) is 18.5 Å². The van der Waals surface area contributed by atoms with Crippen molar-refractivity contribution in [2.45, 2.75) is 20.8 Å². The fourth-order valence-electron chi connectivity index (χ4n) is 1.75. The number of carbonyl (C=O) groups is 1. The van der Waals surface area contributed by atoms with Crippen LogP contribution in [0.3, 0.4) is 0 Å². The number of nitrogen functional groups attached to an aromatic ring is 1. The molecule has 0 radical (unpaired) electrons. The van der Waals surface area contributed by atoms with Crippen LogP contribution in [0.25, 0.3) is 0 Å². The standard InChI is InChI=1S/C14H23N3O3/c1-4-17(5-2)7-8-20-13-12(14(18)19-6-3)9-11(15)10-16-13/h9-10H,4-8,15H2,1-3H3. The molecule has 1 aromatic rings. The molecule has 1 rings (SSSR count). The third kappa shape index (κ3) is 4.70. The van der Waals surface area contributed by atoms with Crippen LogP contribution in [0.1, 0.15) is 31.1 Å². The highest BCUT2D eigenvalue weighted by molar-refractivity contribution is 5.92. The van der Waals surface area contributed by atoms with E-state index >= 15 is 0 Å². The van der Waals surface area contributed by atoms with Gasteiger partial charge in [0.15, 0.2) is 0 Å². The van der Waals surface area contributed by atoms with Gasteiger partial charge in [-0.1, -0.05) is 13.8 Å². The van der Waals surface area contributed by atoms with Crippen molar-refractivity contribution < 1.29 is 14.3 Å². The molecular weight excluding hydrogens is 258 g/mol. The molecule has 0 aliphatic rings. The number of carbonyl (C=O) groups excluding carboxylic acids is 1. The Morgan fingerprint density at radius 1 is 1.35 bits per heavy atom. The number of nitrogens with two attached hydrogens (primary N) is 1. The van der Waals surface area contributed by atoms with Gasteiger partial charge in [-0.05, 0) is 26.1 Å². The van der Waals surface area contributed by atoms with Crippen LogP contribution in [-0.2, 0) is 4.74 Å². The molecule has 1 aromatic heterocycles. The summed E-state index contributed by atoms with van der Waals surface area (Å²) in [5, 5.41) is 0. The fraction of sp³-hybridized carbons (Fsp3) is 0.571. The molecule has 0 bridgehead atoms. The number of hydrogen-bond acceptors (Lipinski definition) is 6. The lowest BCUT2D eigenvalue weighted by molar-refractivity contribution is 0.0520. The summed E-state index contributed by atoms with van der Waals surface area (Å²) in [6, 6.07) is 1.53. The quantitative estimate of drug-likeness (QED) is 0.729. The Kier molecular flexibility index (Phi) is 6.79. The van der Waals surface area contributed by atoms with E-state index in [2.05, 4.69) is 23.7 Å². The number of aromatic nitrogens is 1. The lowest BCUT2D eigenvalue weighted by Gasteiger charge is -2.18. The van der Waals surface area contributed by atoms with Crippen LogP contribution in [0.15, 0.2) is 12.3 Å². The van der Waals surface area contributed by atoms with Crippen molar-refractivity contribution in [1.82, 2.24) is 9.88 Å². The van der Waals surface area contributed by atoms with Crippen molar-refractivity contribution >= 4 is 11.7 Å². The second-order valence-electron chi connectivity index (χ2n) is 4.22. The summed E-state index contributed by atoms with van der Waals surface area (Å²) >= 11 is 0. The highest BCUT2D eigenvalue weighted by atomic mass is 16.5. The Bertz CT molecular complexity index is 434. The molecule has 20 heavy (non-hydrogen) atoms. The van der Waals surface area contributed by atoms with E-state index in [0.717, 1.165) is 19.6 Å². The van der Waals surface area contributed by atoms with Crippen molar-refractivity contribution in [3.05, 3.63) is 17.8 Å². The summed E-state index contributed by atoms with van der Waals surface area (Å²) < 4.78 is 10.6. The first-order valence-corrected chi connectivity index (χ1v) is 6.90. The molecule has 0 fully saturated rings. The summed E-state index contributed by atoms with van der Waals surface area (Å²) in [6.07, 6.45) is 1.47. The molecule has 1 heterocycles. The highest BCUT2D eigenvalue weighted by Crippen LogP contribution is 2.19. The monoisotopic (exact) mass is 281 g/mol. The zero-order chi connectivity index (χ0) is 15.0. The minimum atomic E-state index is -0.467. The van der Waals surface area contributed by atoms with Crippen LogP contribution >= 0.6 is 0 Å². The molecule has 6 nitrogen and oxygen atoms in total.